The maximum Gasteiger partial charge on any atom is 0.233 e. The van der Waals surface area contributed by atoms with Crippen molar-refractivity contribution >= 4 is 5.91 Å². The summed E-state index contributed by atoms with van der Waals surface area (Å²) < 4.78 is 0. The lowest BCUT2D eigenvalue weighted by molar-refractivity contribution is -0.120. The minimum atomic E-state index is -0.602. The van der Waals surface area contributed by atoms with Gasteiger partial charge in [0.25, 0.3) is 0 Å². The molecule has 1 aliphatic carbocycles. The Labute approximate surface area is 117 Å². The molecule has 0 aliphatic heterocycles. The van der Waals surface area contributed by atoms with E-state index >= 15 is 0 Å². The molecule has 0 aromatic heterocycles. The van der Waals surface area contributed by atoms with Crippen LogP contribution in [0.5, 0.6) is 0 Å². The molecule has 3 N–H and O–H groups in total. The van der Waals surface area contributed by atoms with Crippen LogP contribution in [0, 0.1) is 5.92 Å². The zero-order valence-corrected chi connectivity index (χ0v) is 12.5. The molecule has 1 saturated carbocycles. The molecule has 1 amide bonds. The Morgan fingerprint density at radius 3 is 2.58 bits per heavy atom. The summed E-state index contributed by atoms with van der Waals surface area (Å²) in [5.41, 5.74) is -0.602. The second-order valence-corrected chi connectivity index (χ2v) is 5.88. The van der Waals surface area contributed by atoms with E-state index < -0.39 is 5.60 Å². The minimum absolute atomic E-state index is 0.0271. The molecule has 19 heavy (non-hydrogen) atoms. The molecule has 0 bridgehead atoms. The average molecular weight is 270 g/mol. The highest BCUT2D eigenvalue weighted by molar-refractivity contribution is 5.77. The van der Waals surface area contributed by atoms with Crippen LogP contribution in [-0.2, 0) is 4.79 Å². The standard InChI is InChI=1S/C15H30N2O2/c1-3-5-10-17-14(18)11-16-12-15(19)8-6-13(4-2)7-9-15/h13,16,19H,3-12H2,1-2H3,(H,17,18). The Hall–Kier alpha value is -0.610. The summed E-state index contributed by atoms with van der Waals surface area (Å²) in [4.78, 5) is 11.5. The molecule has 1 rings (SSSR count). The molecule has 0 atom stereocenters. The SMILES string of the molecule is CCCCNC(=O)CNCC1(O)CCC(CC)CC1. The van der Waals surface area contributed by atoms with E-state index in [9.17, 15) is 9.90 Å². The summed E-state index contributed by atoms with van der Waals surface area (Å²) in [5, 5.41) is 16.4. The average Bonchev–Trinajstić information content (AvgIpc) is 2.40. The first-order valence-electron chi connectivity index (χ1n) is 7.79. The van der Waals surface area contributed by atoms with Gasteiger partial charge in [0.15, 0.2) is 0 Å². The van der Waals surface area contributed by atoms with E-state index in [1.807, 2.05) is 0 Å². The third-order valence-electron chi connectivity index (χ3n) is 4.21. The van der Waals surface area contributed by atoms with Crippen molar-refractivity contribution in [3.63, 3.8) is 0 Å². The van der Waals surface area contributed by atoms with Gasteiger partial charge >= 0.3 is 0 Å². The second-order valence-electron chi connectivity index (χ2n) is 5.88. The topological polar surface area (TPSA) is 61.4 Å². The van der Waals surface area contributed by atoms with Crippen molar-refractivity contribution in [2.75, 3.05) is 19.6 Å². The van der Waals surface area contributed by atoms with Crippen molar-refractivity contribution in [3.05, 3.63) is 0 Å². The van der Waals surface area contributed by atoms with Crippen molar-refractivity contribution in [2.45, 2.75) is 64.4 Å². The van der Waals surface area contributed by atoms with E-state index in [4.69, 9.17) is 0 Å². The summed E-state index contributed by atoms with van der Waals surface area (Å²) in [6.45, 7) is 5.91. The van der Waals surface area contributed by atoms with Crippen LogP contribution >= 0.6 is 0 Å². The number of carbonyl (C=O) groups is 1. The fourth-order valence-corrected chi connectivity index (χ4v) is 2.68. The summed E-state index contributed by atoms with van der Waals surface area (Å²) in [6, 6.07) is 0. The first-order valence-corrected chi connectivity index (χ1v) is 7.79. The molecule has 1 fully saturated rings. The van der Waals surface area contributed by atoms with Gasteiger partial charge in [-0.25, -0.2) is 0 Å². The number of hydrogen-bond donors (Lipinski definition) is 3. The van der Waals surface area contributed by atoms with Crippen LogP contribution in [-0.4, -0.2) is 36.2 Å². The lowest BCUT2D eigenvalue weighted by Crippen LogP contribution is -2.46. The Kier molecular flexibility index (Phi) is 7.39. The van der Waals surface area contributed by atoms with Gasteiger partial charge in [0, 0.05) is 13.1 Å². The van der Waals surface area contributed by atoms with E-state index in [-0.39, 0.29) is 5.91 Å². The second kappa shape index (κ2) is 8.54. The van der Waals surface area contributed by atoms with Crippen LogP contribution in [0.25, 0.3) is 0 Å². The predicted molar refractivity (Wildman–Crippen MR) is 78.0 cm³/mol. The maximum absolute atomic E-state index is 11.5. The van der Waals surface area contributed by atoms with Gasteiger partial charge < -0.3 is 15.7 Å². The van der Waals surface area contributed by atoms with Crippen LogP contribution in [0.15, 0.2) is 0 Å². The van der Waals surface area contributed by atoms with Gasteiger partial charge in [-0.2, -0.15) is 0 Å². The number of nitrogens with one attached hydrogen (secondary N) is 2. The van der Waals surface area contributed by atoms with Crippen molar-refractivity contribution in [1.29, 1.82) is 0 Å². The van der Waals surface area contributed by atoms with Gasteiger partial charge in [-0.15, -0.1) is 0 Å². The largest absolute Gasteiger partial charge is 0.389 e. The summed E-state index contributed by atoms with van der Waals surface area (Å²) in [5.74, 6) is 0.803. The van der Waals surface area contributed by atoms with Crippen LogP contribution in [0.4, 0.5) is 0 Å². The van der Waals surface area contributed by atoms with E-state index in [0.717, 1.165) is 51.0 Å². The first-order chi connectivity index (χ1) is 9.09. The number of amides is 1. The molecule has 0 spiro atoms. The molecular weight excluding hydrogens is 240 g/mol. The Bertz CT molecular complexity index is 261. The van der Waals surface area contributed by atoms with Crippen molar-refractivity contribution in [3.8, 4) is 0 Å². The molecule has 4 heteroatoms. The summed E-state index contributed by atoms with van der Waals surface area (Å²) in [6.07, 6.45) is 7.25. The first kappa shape index (κ1) is 16.4. The zero-order valence-electron chi connectivity index (χ0n) is 12.5. The predicted octanol–water partition coefficient (Wildman–Crippen LogP) is 1.82. The molecule has 0 unspecified atom stereocenters. The van der Waals surface area contributed by atoms with Crippen LogP contribution in [0.3, 0.4) is 0 Å². The molecule has 0 radical (unpaired) electrons. The Balaban J connectivity index is 2.13. The number of carbonyl (C=O) groups excluding carboxylic acids is 1. The monoisotopic (exact) mass is 270 g/mol. The van der Waals surface area contributed by atoms with Crippen LogP contribution < -0.4 is 10.6 Å². The smallest absolute Gasteiger partial charge is 0.233 e. The lowest BCUT2D eigenvalue weighted by Gasteiger charge is -2.35. The highest BCUT2D eigenvalue weighted by Crippen LogP contribution is 2.33. The number of aliphatic hydroxyl groups is 1. The molecule has 0 heterocycles. The minimum Gasteiger partial charge on any atom is -0.389 e. The van der Waals surface area contributed by atoms with E-state index in [2.05, 4.69) is 24.5 Å². The number of unbranched alkanes of at least 4 members (excludes halogenated alkanes) is 1. The van der Waals surface area contributed by atoms with Gasteiger partial charge in [0.05, 0.1) is 12.1 Å². The molecule has 0 saturated heterocycles. The van der Waals surface area contributed by atoms with Crippen molar-refractivity contribution in [2.24, 2.45) is 5.92 Å². The van der Waals surface area contributed by atoms with E-state index in [0.29, 0.717) is 13.1 Å². The van der Waals surface area contributed by atoms with Gasteiger partial charge in [-0.3, -0.25) is 4.79 Å². The van der Waals surface area contributed by atoms with Gasteiger partial charge in [-0.05, 0) is 38.0 Å². The van der Waals surface area contributed by atoms with Crippen LogP contribution in [0.2, 0.25) is 0 Å². The maximum atomic E-state index is 11.5. The summed E-state index contributed by atoms with van der Waals surface area (Å²) in [7, 11) is 0. The summed E-state index contributed by atoms with van der Waals surface area (Å²) >= 11 is 0. The van der Waals surface area contributed by atoms with E-state index in [1.54, 1.807) is 0 Å². The highest BCUT2D eigenvalue weighted by atomic mass is 16.3. The van der Waals surface area contributed by atoms with Gasteiger partial charge in [0.2, 0.25) is 5.91 Å². The normalized spacial score (nSPS) is 27.2. The molecule has 112 valence electrons. The Morgan fingerprint density at radius 1 is 1.32 bits per heavy atom. The molecule has 0 aromatic carbocycles. The zero-order chi connectivity index (χ0) is 14.1. The third-order valence-corrected chi connectivity index (χ3v) is 4.21. The number of hydrogen-bond acceptors (Lipinski definition) is 3. The number of rotatable bonds is 8. The molecule has 0 aromatic rings. The lowest BCUT2D eigenvalue weighted by atomic mass is 9.78. The fourth-order valence-electron chi connectivity index (χ4n) is 2.68. The quantitative estimate of drug-likeness (QED) is 0.590. The van der Waals surface area contributed by atoms with Crippen molar-refractivity contribution < 1.29 is 9.90 Å². The van der Waals surface area contributed by atoms with Crippen molar-refractivity contribution in [1.82, 2.24) is 10.6 Å². The molecule has 1 aliphatic rings. The van der Waals surface area contributed by atoms with Crippen LogP contribution in [0.1, 0.15) is 58.8 Å². The Morgan fingerprint density at radius 2 is 2.00 bits per heavy atom. The highest BCUT2D eigenvalue weighted by Gasteiger charge is 2.32. The van der Waals surface area contributed by atoms with E-state index in [1.165, 1.54) is 6.42 Å². The molecular formula is C15H30N2O2. The van der Waals surface area contributed by atoms with Gasteiger partial charge in [0.1, 0.15) is 0 Å². The third kappa shape index (κ3) is 6.39. The molecule has 4 nitrogen and oxygen atoms in total. The van der Waals surface area contributed by atoms with Gasteiger partial charge in [-0.1, -0.05) is 26.7 Å². The fraction of sp³-hybridized carbons (Fsp3) is 0.933.